The van der Waals surface area contributed by atoms with Crippen LogP contribution in [0.2, 0.25) is 0 Å². The summed E-state index contributed by atoms with van der Waals surface area (Å²) in [6.45, 7) is 0. The van der Waals surface area contributed by atoms with Crippen molar-refractivity contribution in [2.24, 2.45) is 29.6 Å². The van der Waals surface area contributed by atoms with Crippen molar-refractivity contribution in [2.45, 2.75) is 37.9 Å². The van der Waals surface area contributed by atoms with Gasteiger partial charge in [0.1, 0.15) is 17.7 Å². The Kier molecular flexibility index (Phi) is 3.29. The van der Waals surface area contributed by atoms with E-state index in [4.69, 9.17) is 0 Å². The highest BCUT2D eigenvalue weighted by atomic mass is 32.2. The Hall–Kier alpha value is -1.37. The summed E-state index contributed by atoms with van der Waals surface area (Å²) in [7, 11) is -3.71. The molecular weight excluding hydrogens is 304 g/mol. The summed E-state index contributed by atoms with van der Waals surface area (Å²) in [5.41, 5.74) is 0.311. The van der Waals surface area contributed by atoms with Gasteiger partial charge in [-0.1, -0.05) is 5.16 Å². The molecular formula is C15H20N2O4S. The molecule has 0 atom stereocenters. The standard InChI is InChI=1S/C15H20N2O4S/c18-15(17-22(19,20)8-13-1-2-21-16-13)14-11-4-9-3-10(6-11)7-12(14)5-9/h1-2,9-12,14H,3-8H2,(H,17,18). The average molecular weight is 324 g/mol. The fourth-order valence-electron chi connectivity index (χ4n) is 5.12. The molecule has 22 heavy (non-hydrogen) atoms. The Bertz CT molecular complexity index is 640. The summed E-state index contributed by atoms with van der Waals surface area (Å²) in [6.07, 6.45) is 7.00. The van der Waals surface area contributed by atoms with Crippen molar-refractivity contribution in [3.63, 3.8) is 0 Å². The van der Waals surface area contributed by atoms with Gasteiger partial charge >= 0.3 is 0 Å². The predicted octanol–water partition coefficient (Wildman–Crippen LogP) is 1.69. The van der Waals surface area contributed by atoms with Crippen LogP contribution in [-0.2, 0) is 20.6 Å². The first-order valence-electron chi connectivity index (χ1n) is 7.94. The van der Waals surface area contributed by atoms with E-state index in [0.29, 0.717) is 17.5 Å². The second kappa shape index (κ2) is 5.08. The number of sulfonamides is 1. The van der Waals surface area contributed by atoms with Crippen molar-refractivity contribution in [2.75, 3.05) is 0 Å². The van der Waals surface area contributed by atoms with E-state index in [1.165, 1.54) is 18.8 Å². The van der Waals surface area contributed by atoms with Crippen LogP contribution in [0, 0.1) is 29.6 Å². The fourth-order valence-corrected chi connectivity index (χ4v) is 6.17. The first-order valence-corrected chi connectivity index (χ1v) is 9.59. The van der Waals surface area contributed by atoms with Crippen LogP contribution in [0.1, 0.15) is 37.8 Å². The SMILES string of the molecule is O=C(NS(=O)(=O)Cc1ccon1)C1C2CC3CC(C2)CC1C3. The predicted molar refractivity (Wildman–Crippen MR) is 77.8 cm³/mol. The highest BCUT2D eigenvalue weighted by Crippen LogP contribution is 2.56. The van der Waals surface area contributed by atoms with Gasteiger partial charge in [-0.2, -0.15) is 0 Å². The van der Waals surface area contributed by atoms with Crippen molar-refractivity contribution in [3.05, 3.63) is 18.0 Å². The van der Waals surface area contributed by atoms with Gasteiger partial charge in [0, 0.05) is 12.0 Å². The third-order valence-corrected chi connectivity index (χ3v) is 6.80. The molecule has 1 N–H and O–H groups in total. The molecule has 4 aliphatic carbocycles. The quantitative estimate of drug-likeness (QED) is 0.910. The van der Waals surface area contributed by atoms with E-state index in [1.807, 2.05) is 0 Å². The number of hydrogen-bond acceptors (Lipinski definition) is 5. The maximum atomic E-state index is 12.5. The number of hydrogen-bond donors (Lipinski definition) is 1. The van der Waals surface area contributed by atoms with Gasteiger partial charge in [-0.3, -0.25) is 9.52 Å². The van der Waals surface area contributed by atoms with Crippen LogP contribution < -0.4 is 4.72 Å². The topological polar surface area (TPSA) is 89.3 Å². The molecule has 0 radical (unpaired) electrons. The van der Waals surface area contributed by atoms with Gasteiger partial charge < -0.3 is 4.52 Å². The van der Waals surface area contributed by atoms with E-state index >= 15 is 0 Å². The van der Waals surface area contributed by atoms with Crippen molar-refractivity contribution >= 4 is 15.9 Å². The lowest BCUT2D eigenvalue weighted by molar-refractivity contribution is -0.136. The van der Waals surface area contributed by atoms with Crippen LogP contribution in [0.3, 0.4) is 0 Å². The minimum Gasteiger partial charge on any atom is -0.364 e. The smallest absolute Gasteiger partial charge is 0.240 e. The van der Waals surface area contributed by atoms with Crippen LogP contribution in [0.4, 0.5) is 0 Å². The van der Waals surface area contributed by atoms with E-state index < -0.39 is 10.0 Å². The third kappa shape index (κ3) is 2.55. The Morgan fingerprint density at radius 3 is 2.36 bits per heavy atom. The second-order valence-electron chi connectivity index (χ2n) is 7.17. The van der Waals surface area contributed by atoms with E-state index in [9.17, 15) is 13.2 Å². The number of carbonyl (C=O) groups is 1. The zero-order chi connectivity index (χ0) is 15.3. The molecule has 120 valence electrons. The number of amides is 1. The Morgan fingerprint density at radius 2 is 1.82 bits per heavy atom. The zero-order valence-corrected chi connectivity index (χ0v) is 13.1. The Balaban J connectivity index is 1.46. The lowest BCUT2D eigenvalue weighted by Crippen LogP contribution is -2.51. The lowest BCUT2D eigenvalue weighted by atomic mass is 9.52. The summed E-state index contributed by atoms with van der Waals surface area (Å²) in [5.74, 6) is 1.52. The number of rotatable bonds is 4. The molecule has 0 spiro atoms. The number of carbonyl (C=O) groups excluding carboxylic acids is 1. The normalized spacial score (nSPS) is 36.5. The van der Waals surface area contributed by atoms with Crippen molar-refractivity contribution in [1.82, 2.24) is 9.88 Å². The van der Waals surface area contributed by atoms with Gasteiger partial charge in [0.05, 0.1) is 0 Å². The lowest BCUT2D eigenvalue weighted by Gasteiger charge is -2.53. The van der Waals surface area contributed by atoms with Crippen LogP contribution in [0.25, 0.3) is 0 Å². The van der Waals surface area contributed by atoms with Gasteiger partial charge in [-0.05, 0) is 55.8 Å². The molecule has 1 aromatic rings. The Morgan fingerprint density at radius 1 is 1.18 bits per heavy atom. The first kappa shape index (κ1) is 14.2. The molecule has 4 saturated carbocycles. The van der Waals surface area contributed by atoms with E-state index in [2.05, 4.69) is 14.4 Å². The summed E-state index contributed by atoms with van der Waals surface area (Å²) < 4.78 is 31.2. The van der Waals surface area contributed by atoms with E-state index in [-0.39, 0.29) is 17.6 Å². The average Bonchev–Trinajstić information content (AvgIpc) is 2.88. The van der Waals surface area contributed by atoms with Crippen molar-refractivity contribution in [3.8, 4) is 0 Å². The number of nitrogens with one attached hydrogen (secondary N) is 1. The van der Waals surface area contributed by atoms with E-state index in [0.717, 1.165) is 37.5 Å². The molecule has 1 amide bonds. The highest BCUT2D eigenvalue weighted by molar-refractivity contribution is 7.89. The van der Waals surface area contributed by atoms with E-state index in [1.54, 1.807) is 0 Å². The molecule has 6 nitrogen and oxygen atoms in total. The van der Waals surface area contributed by atoms with Crippen LogP contribution >= 0.6 is 0 Å². The van der Waals surface area contributed by atoms with Crippen LogP contribution in [0.15, 0.2) is 16.9 Å². The molecule has 0 aliphatic heterocycles. The van der Waals surface area contributed by atoms with Gasteiger partial charge in [-0.15, -0.1) is 0 Å². The van der Waals surface area contributed by atoms with Crippen molar-refractivity contribution in [1.29, 1.82) is 0 Å². The van der Waals surface area contributed by atoms with Gasteiger partial charge in [0.2, 0.25) is 15.9 Å². The molecule has 1 heterocycles. The number of aromatic nitrogens is 1. The summed E-state index contributed by atoms with van der Waals surface area (Å²) in [5, 5.41) is 3.59. The molecule has 4 aliphatic rings. The maximum Gasteiger partial charge on any atom is 0.240 e. The van der Waals surface area contributed by atoms with Gasteiger partial charge in [-0.25, -0.2) is 8.42 Å². The fraction of sp³-hybridized carbons (Fsp3) is 0.733. The largest absolute Gasteiger partial charge is 0.364 e. The minimum absolute atomic E-state index is 0.125. The molecule has 1 aromatic heterocycles. The monoisotopic (exact) mass is 324 g/mol. The minimum atomic E-state index is -3.71. The van der Waals surface area contributed by atoms with Gasteiger partial charge in [0.25, 0.3) is 0 Å². The Labute approximate surface area is 129 Å². The highest BCUT2D eigenvalue weighted by Gasteiger charge is 2.51. The third-order valence-electron chi connectivity index (χ3n) is 5.61. The van der Waals surface area contributed by atoms with Crippen LogP contribution in [-0.4, -0.2) is 19.5 Å². The molecule has 0 unspecified atom stereocenters. The molecule has 5 rings (SSSR count). The molecule has 0 aromatic carbocycles. The summed E-state index contributed by atoms with van der Waals surface area (Å²) in [6, 6.07) is 1.49. The van der Waals surface area contributed by atoms with Gasteiger partial charge in [0.15, 0.2) is 0 Å². The van der Waals surface area contributed by atoms with Crippen LogP contribution in [0.5, 0.6) is 0 Å². The first-order chi connectivity index (χ1) is 10.5. The summed E-state index contributed by atoms with van der Waals surface area (Å²) >= 11 is 0. The second-order valence-corrected chi connectivity index (χ2v) is 8.89. The van der Waals surface area contributed by atoms with Crippen molar-refractivity contribution < 1.29 is 17.7 Å². The molecule has 4 bridgehead atoms. The molecule has 0 saturated heterocycles. The summed E-state index contributed by atoms with van der Waals surface area (Å²) in [4.78, 5) is 12.5. The zero-order valence-electron chi connectivity index (χ0n) is 12.3. The maximum absolute atomic E-state index is 12.5. The molecule has 7 heteroatoms. The number of nitrogens with zero attached hydrogens (tertiary/aromatic N) is 1. The molecule has 4 fully saturated rings.